The maximum absolute atomic E-state index is 13.1. The van der Waals surface area contributed by atoms with Crippen molar-refractivity contribution in [1.82, 2.24) is 9.62 Å². The van der Waals surface area contributed by atoms with Crippen molar-refractivity contribution in [1.29, 1.82) is 0 Å². The fourth-order valence-electron chi connectivity index (χ4n) is 6.43. The number of ether oxygens (including phenoxy) is 2. The lowest BCUT2D eigenvalue weighted by molar-refractivity contribution is -0.120. The molecule has 1 fully saturated rings. The number of nitrogens with one attached hydrogen (secondary N) is 1. The number of fused-ring (bicyclic) bond motifs is 2. The zero-order valence-electron chi connectivity index (χ0n) is 23.4. The lowest BCUT2D eigenvalue weighted by atomic mass is 9.95. The van der Waals surface area contributed by atoms with Gasteiger partial charge in [-0.15, -0.1) is 0 Å². The van der Waals surface area contributed by atoms with Crippen LogP contribution in [-0.2, 0) is 32.4 Å². The van der Waals surface area contributed by atoms with Crippen LogP contribution in [-0.4, -0.2) is 65.7 Å². The first-order valence-corrected chi connectivity index (χ1v) is 15.9. The Kier molecular flexibility index (Phi) is 8.01. The fourth-order valence-corrected chi connectivity index (χ4v) is 7.45. The van der Waals surface area contributed by atoms with Gasteiger partial charge in [-0.3, -0.25) is 9.69 Å². The molecular formula is C32H37N3O5S. The topological polar surface area (TPSA) is 88.2 Å². The molecule has 3 aromatic carbocycles. The van der Waals surface area contributed by atoms with E-state index in [1.807, 2.05) is 30.3 Å². The number of amides is 1. The van der Waals surface area contributed by atoms with Gasteiger partial charge < -0.3 is 14.4 Å². The lowest BCUT2D eigenvalue weighted by Crippen LogP contribution is -2.47. The number of rotatable bonds is 8. The summed E-state index contributed by atoms with van der Waals surface area (Å²) in [5.74, 6) is -0.273. The Balaban J connectivity index is 1.02. The highest BCUT2D eigenvalue weighted by atomic mass is 32.2. The van der Waals surface area contributed by atoms with E-state index in [0.29, 0.717) is 12.8 Å². The third-order valence-corrected chi connectivity index (χ3v) is 10.0. The van der Waals surface area contributed by atoms with Crippen molar-refractivity contribution >= 4 is 21.6 Å². The van der Waals surface area contributed by atoms with Crippen LogP contribution in [0, 0.1) is 0 Å². The molecule has 2 aliphatic heterocycles. The molecule has 0 bridgehead atoms. The standard InChI is InChI=1S/C32H37N3O5S/c1-39-30-8-4-7-27-28(30)13-14-29(27)32(36)33-41(37,38)25-11-9-24(10-12-25)35-20-18-34(19-21-35)17-15-31-26-6-3-2-5-23(26)16-22-40-31/h2-12,29,31H,13-22H2,1H3,(H,33,36)/t29?,31-/m0/s1. The number of sulfonamides is 1. The normalized spacial score (nSPS) is 20.8. The molecule has 0 saturated carbocycles. The van der Waals surface area contributed by atoms with Gasteiger partial charge in [0.25, 0.3) is 10.0 Å². The minimum Gasteiger partial charge on any atom is -0.496 e. The zero-order chi connectivity index (χ0) is 28.4. The highest BCUT2D eigenvalue weighted by Crippen LogP contribution is 2.38. The fraction of sp³-hybridized carbons (Fsp3) is 0.406. The van der Waals surface area contributed by atoms with Crippen molar-refractivity contribution < 1.29 is 22.7 Å². The van der Waals surface area contributed by atoms with Gasteiger partial charge in [-0.2, -0.15) is 0 Å². The van der Waals surface area contributed by atoms with Gasteiger partial charge in [0.1, 0.15) is 5.75 Å². The van der Waals surface area contributed by atoms with Gasteiger partial charge in [-0.1, -0.05) is 36.4 Å². The molecule has 6 rings (SSSR count). The van der Waals surface area contributed by atoms with Crippen LogP contribution in [0.15, 0.2) is 71.6 Å². The first-order chi connectivity index (χ1) is 19.9. The molecule has 1 N–H and O–H groups in total. The molecule has 3 aromatic rings. The molecule has 9 heteroatoms. The number of carbonyl (C=O) groups is 1. The molecule has 216 valence electrons. The van der Waals surface area contributed by atoms with Gasteiger partial charge in [0.2, 0.25) is 5.91 Å². The van der Waals surface area contributed by atoms with Crippen LogP contribution in [0.25, 0.3) is 0 Å². The second-order valence-electron chi connectivity index (χ2n) is 11.0. The highest BCUT2D eigenvalue weighted by Gasteiger charge is 2.33. The summed E-state index contributed by atoms with van der Waals surface area (Å²) in [5, 5.41) is 0. The van der Waals surface area contributed by atoms with E-state index in [2.05, 4.69) is 38.8 Å². The third kappa shape index (κ3) is 5.84. The average molecular weight is 576 g/mol. The average Bonchev–Trinajstić information content (AvgIpc) is 3.45. The minimum absolute atomic E-state index is 0.0878. The van der Waals surface area contributed by atoms with Crippen LogP contribution in [0.2, 0.25) is 0 Å². The number of anilines is 1. The Morgan fingerprint density at radius 2 is 1.71 bits per heavy atom. The van der Waals surface area contributed by atoms with E-state index in [4.69, 9.17) is 9.47 Å². The molecule has 0 spiro atoms. The molecule has 3 aliphatic rings. The number of hydrogen-bond acceptors (Lipinski definition) is 7. The largest absolute Gasteiger partial charge is 0.496 e. The minimum atomic E-state index is -3.98. The summed E-state index contributed by atoms with van der Waals surface area (Å²) in [5.41, 5.74) is 5.53. The van der Waals surface area contributed by atoms with Gasteiger partial charge >= 0.3 is 0 Å². The first-order valence-electron chi connectivity index (χ1n) is 14.4. The van der Waals surface area contributed by atoms with Crippen LogP contribution in [0.5, 0.6) is 5.75 Å². The van der Waals surface area contributed by atoms with Crippen LogP contribution < -0.4 is 14.4 Å². The lowest BCUT2D eigenvalue weighted by Gasteiger charge is -2.37. The Bertz CT molecular complexity index is 1500. The van der Waals surface area contributed by atoms with E-state index in [-0.39, 0.29) is 11.0 Å². The summed E-state index contributed by atoms with van der Waals surface area (Å²) in [4.78, 5) is 17.8. The van der Waals surface area contributed by atoms with E-state index >= 15 is 0 Å². The molecule has 2 heterocycles. The second-order valence-corrected chi connectivity index (χ2v) is 12.7. The van der Waals surface area contributed by atoms with E-state index in [1.165, 1.54) is 11.1 Å². The van der Waals surface area contributed by atoms with Crippen LogP contribution >= 0.6 is 0 Å². The molecule has 0 radical (unpaired) electrons. The number of hydrogen-bond donors (Lipinski definition) is 1. The maximum Gasteiger partial charge on any atom is 0.264 e. The van der Waals surface area contributed by atoms with Crippen molar-refractivity contribution in [2.24, 2.45) is 0 Å². The van der Waals surface area contributed by atoms with Crippen molar-refractivity contribution in [3.63, 3.8) is 0 Å². The van der Waals surface area contributed by atoms with E-state index in [9.17, 15) is 13.2 Å². The quantitative estimate of drug-likeness (QED) is 0.434. The van der Waals surface area contributed by atoms with Crippen LogP contribution in [0.1, 0.15) is 47.1 Å². The summed E-state index contributed by atoms with van der Waals surface area (Å²) in [7, 11) is -2.38. The predicted octanol–water partition coefficient (Wildman–Crippen LogP) is 4.06. The van der Waals surface area contributed by atoms with Gasteiger partial charge in [-0.25, -0.2) is 13.1 Å². The highest BCUT2D eigenvalue weighted by molar-refractivity contribution is 7.90. The van der Waals surface area contributed by atoms with E-state index in [0.717, 1.165) is 74.7 Å². The number of nitrogens with zero attached hydrogens (tertiary/aromatic N) is 2. The Labute approximate surface area is 242 Å². The Morgan fingerprint density at radius 1 is 0.951 bits per heavy atom. The van der Waals surface area contributed by atoms with Crippen LogP contribution in [0.4, 0.5) is 5.69 Å². The maximum atomic E-state index is 13.1. The van der Waals surface area contributed by atoms with Gasteiger partial charge in [-0.05, 0) is 78.3 Å². The van der Waals surface area contributed by atoms with E-state index < -0.39 is 21.8 Å². The smallest absolute Gasteiger partial charge is 0.264 e. The second kappa shape index (κ2) is 11.8. The summed E-state index contributed by atoms with van der Waals surface area (Å²) in [6, 6.07) is 21.0. The third-order valence-electron chi connectivity index (χ3n) is 8.68. The van der Waals surface area contributed by atoms with Gasteiger partial charge in [0, 0.05) is 38.4 Å². The van der Waals surface area contributed by atoms with Crippen molar-refractivity contribution in [2.45, 2.75) is 42.6 Å². The van der Waals surface area contributed by atoms with Gasteiger partial charge in [0.15, 0.2) is 0 Å². The first kappa shape index (κ1) is 27.8. The molecule has 0 aromatic heterocycles. The molecule has 41 heavy (non-hydrogen) atoms. The molecule has 2 atom stereocenters. The zero-order valence-corrected chi connectivity index (χ0v) is 24.2. The van der Waals surface area contributed by atoms with E-state index in [1.54, 1.807) is 19.2 Å². The number of carbonyl (C=O) groups excluding carboxylic acids is 1. The number of benzene rings is 3. The summed E-state index contributed by atoms with van der Waals surface area (Å²) in [6.45, 7) is 5.40. The molecule has 8 nitrogen and oxygen atoms in total. The van der Waals surface area contributed by atoms with Crippen molar-refractivity contribution in [2.75, 3.05) is 51.3 Å². The molecular weight excluding hydrogens is 538 g/mol. The van der Waals surface area contributed by atoms with Crippen LogP contribution in [0.3, 0.4) is 0 Å². The number of piperazine rings is 1. The van der Waals surface area contributed by atoms with Crippen molar-refractivity contribution in [3.05, 3.63) is 89.0 Å². The molecule has 1 unspecified atom stereocenters. The number of methoxy groups -OCH3 is 1. The summed E-state index contributed by atoms with van der Waals surface area (Å²) in [6.07, 6.45) is 3.38. The van der Waals surface area contributed by atoms with Crippen molar-refractivity contribution in [3.8, 4) is 5.75 Å². The molecule has 1 aliphatic carbocycles. The Morgan fingerprint density at radius 3 is 2.49 bits per heavy atom. The monoisotopic (exact) mass is 575 g/mol. The molecule has 1 amide bonds. The Hall–Kier alpha value is -3.40. The SMILES string of the molecule is COc1cccc2c1CCC2C(=O)NS(=O)(=O)c1ccc(N2CCN(CC[C@@H]3OCCc4ccccc43)CC2)cc1. The molecule has 1 saturated heterocycles. The summed E-state index contributed by atoms with van der Waals surface area (Å²) < 4.78 is 39.9. The predicted molar refractivity (Wildman–Crippen MR) is 158 cm³/mol. The summed E-state index contributed by atoms with van der Waals surface area (Å²) >= 11 is 0. The van der Waals surface area contributed by atoms with Gasteiger partial charge in [0.05, 0.1) is 30.6 Å².